The maximum atomic E-state index is 11.5. The molecule has 7 heteroatoms. The Balaban J connectivity index is 2.05. The van der Waals surface area contributed by atoms with E-state index in [1.165, 1.54) is 4.90 Å². The van der Waals surface area contributed by atoms with Crippen molar-refractivity contribution in [3.63, 3.8) is 0 Å². The number of hydrogen-bond donors (Lipinski definition) is 2. The van der Waals surface area contributed by atoms with E-state index in [2.05, 4.69) is 6.07 Å². The quantitative estimate of drug-likeness (QED) is 0.714. The predicted molar refractivity (Wildman–Crippen MR) is 110 cm³/mol. The topological polar surface area (TPSA) is 83.6 Å². The van der Waals surface area contributed by atoms with Gasteiger partial charge in [0.25, 0.3) is 0 Å². The lowest BCUT2D eigenvalue weighted by Crippen LogP contribution is -2.33. The molecule has 28 heavy (non-hydrogen) atoms. The van der Waals surface area contributed by atoms with Crippen molar-refractivity contribution >= 4 is 35.2 Å². The van der Waals surface area contributed by atoms with Crippen LogP contribution in [0.25, 0.3) is 0 Å². The monoisotopic (exact) mass is 420 g/mol. The molecular formula is C21H22Cl2N2O3. The summed E-state index contributed by atoms with van der Waals surface area (Å²) in [7, 11) is 1.59. The second-order valence-corrected chi connectivity index (χ2v) is 7.96. The number of carbonyl (C=O) groups excluding carboxylic acids is 1. The molecule has 0 bridgehead atoms. The van der Waals surface area contributed by atoms with Gasteiger partial charge in [0.15, 0.2) is 0 Å². The molecule has 0 unspecified atom stereocenters. The van der Waals surface area contributed by atoms with Crippen LogP contribution in [-0.4, -0.2) is 29.1 Å². The van der Waals surface area contributed by atoms with Gasteiger partial charge in [0.05, 0.1) is 16.1 Å². The summed E-state index contributed by atoms with van der Waals surface area (Å²) < 4.78 is 0. The molecular weight excluding hydrogens is 399 g/mol. The molecule has 3 N–H and O–H groups in total. The minimum Gasteiger partial charge on any atom is -0.465 e. The van der Waals surface area contributed by atoms with Crippen molar-refractivity contribution in [2.75, 3.05) is 7.05 Å². The number of fused-ring (bicyclic) bond motifs is 1. The number of benzene rings is 2. The van der Waals surface area contributed by atoms with Crippen molar-refractivity contribution in [3.05, 3.63) is 68.7 Å². The molecule has 2 aromatic carbocycles. The molecule has 0 heterocycles. The fourth-order valence-electron chi connectivity index (χ4n) is 3.90. The molecule has 2 aromatic rings. The van der Waals surface area contributed by atoms with Crippen LogP contribution >= 0.6 is 23.2 Å². The van der Waals surface area contributed by atoms with Crippen molar-refractivity contribution < 1.29 is 14.7 Å². The highest BCUT2D eigenvalue weighted by Gasteiger charge is 2.32. The molecule has 0 saturated carbocycles. The second kappa shape index (κ2) is 8.41. The van der Waals surface area contributed by atoms with E-state index in [0.29, 0.717) is 22.9 Å². The highest BCUT2D eigenvalue weighted by atomic mass is 35.5. The van der Waals surface area contributed by atoms with E-state index in [9.17, 15) is 14.7 Å². The van der Waals surface area contributed by atoms with Crippen LogP contribution in [0.2, 0.25) is 10.0 Å². The molecule has 3 rings (SSSR count). The lowest BCUT2D eigenvalue weighted by molar-refractivity contribution is -0.117. The van der Waals surface area contributed by atoms with Gasteiger partial charge in [-0.25, -0.2) is 4.79 Å². The van der Waals surface area contributed by atoms with Gasteiger partial charge in [-0.15, -0.1) is 0 Å². The minimum absolute atomic E-state index is 0.0803. The Morgan fingerprint density at radius 2 is 1.86 bits per heavy atom. The first-order valence-corrected chi connectivity index (χ1v) is 9.85. The van der Waals surface area contributed by atoms with Crippen molar-refractivity contribution in [2.24, 2.45) is 5.73 Å². The van der Waals surface area contributed by atoms with E-state index in [0.717, 1.165) is 28.7 Å². The Morgan fingerprint density at radius 1 is 1.11 bits per heavy atom. The summed E-state index contributed by atoms with van der Waals surface area (Å²) >= 11 is 12.3. The van der Waals surface area contributed by atoms with Gasteiger partial charge in [-0.3, -0.25) is 4.79 Å². The molecule has 2 atom stereocenters. The van der Waals surface area contributed by atoms with Crippen LogP contribution in [-0.2, 0) is 11.2 Å². The summed E-state index contributed by atoms with van der Waals surface area (Å²) in [5.41, 5.74) is 9.37. The summed E-state index contributed by atoms with van der Waals surface area (Å²) in [5.74, 6) is -0.265. The van der Waals surface area contributed by atoms with Crippen LogP contribution < -0.4 is 5.73 Å². The maximum Gasteiger partial charge on any atom is 0.407 e. The first-order chi connectivity index (χ1) is 13.3. The summed E-state index contributed by atoms with van der Waals surface area (Å²) in [5, 5.41) is 10.4. The van der Waals surface area contributed by atoms with Crippen LogP contribution in [0.4, 0.5) is 4.79 Å². The number of aryl methyl sites for hydroxylation is 1. The Bertz CT molecular complexity index is 917. The maximum absolute atomic E-state index is 11.5. The standard InChI is InChI=1S/C21H22Cl2N2O3/c1-25(21(27)28)19-8-6-14(13-4-7-17(22)18(23)11-13)16-10-12(2-5-15(16)19)3-9-20(24)26/h2,4-5,7,10-11,14,19H,3,6,8-9H2,1H3,(H2,24,26)(H,27,28)/t14-,19-/m0/s1. The van der Waals surface area contributed by atoms with E-state index in [-0.39, 0.29) is 24.3 Å². The van der Waals surface area contributed by atoms with Crippen molar-refractivity contribution in [2.45, 2.75) is 37.6 Å². The summed E-state index contributed by atoms with van der Waals surface area (Å²) in [6, 6.07) is 11.4. The number of carboxylic acid groups (broad SMARTS) is 1. The van der Waals surface area contributed by atoms with Gasteiger partial charge < -0.3 is 15.7 Å². The Morgan fingerprint density at radius 3 is 2.50 bits per heavy atom. The van der Waals surface area contributed by atoms with E-state index in [4.69, 9.17) is 28.9 Å². The zero-order valence-corrected chi connectivity index (χ0v) is 17.0. The van der Waals surface area contributed by atoms with Gasteiger partial charge >= 0.3 is 6.09 Å². The number of rotatable bonds is 5. The largest absolute Gasteiger partial charge is 0.465 e. The number of carbonyl (C=O) groups is 2. The Kier molecular flexibility index (Phi) is 6.16. The number of primary amides is 1. The van der Waals surface area contributed by atoms with E-state index >= 15 is 0 Å². The third kappa shape index (κ3) is 4.26. The molecule has 0 spiro atoms. The van der Waals surface area contributed by atoms with Gasteiger partial charge in [0.1, 0.15) is 0 Å². The predicted octanol–water partition coefficient (Wildman–Crippen LogP) is 4.99. The lowest BCUT2D eigenvalue weighted by atomic mass is 9.75. The average molecular weight is 421 g/mol. The van der Waals surface area contributed by atoms with Gasteiger partial charge in [-0.05, 0) is 53.6 Å². The summed E-state index contributed by atoms with van der Waals surface area (Å²) in [4.78, 5) is 24.0. The molecule has 0 saturated heterocycles. The third-order valence-electron chi connectivity index (χ3n) is 5.39. The van der Waals surface area contributed by atoms with Gasteiger partial charge in [-0.2, -0.15) is 0 Å². The van der Waals surface area contributed by atoms with Gasteiger partial charge in [-0.1, -0.05) is 47.5 Å². The normalized spacial score (nSPS) is 18.4. The molecule has 5 nitrogen and oxygen atoms in total. The molecule has 2 amide bonds. The van der Waals surface area contributed by atoms with Crippen LogP contribution in [0.1, 0.15) is 53.5 Å². The second-order valence-electron chi connectivity index (χ2n) is 7.14. The highest BCUT2D eigenvalue weighted by molar-refractivity contribution is 6.42. The third-order valence-corrected chi connectivity index (χ3v) is 6.13. The van der Waals surface area contributed by atoms with Crippen LogP contribution in [0.15, 0.2) is 36.4 Å². The van der Waals surface area contributed by atoms with Gasteiger partial charge in [0, 0.05) is 19.4 Å². The lowest BCUT2D eigenvalue weighted by Gasteiger charge is -2.36. The molecule has 0 aliphatic heterocycles. The fraction of sp³-hybridized carbons (Fsp3) is 0.333. The summed E-state index contributed by atoms with van der Waals surface area (Å²) in [6.45, 7) is 0. The zero-order valence-electron chi connectivity index (χ0n) is 15.5. The highest BCUT2D eigenvalue weighted by Crippen LogP contribution is 2.44. The van der Waals surface area contributed by atoms with E-state index in [1.807, 2.05) is 24.3 Å². The molecule has 1 aliphatic carbocycles. The molecule has 148 valence electrons. The van der Waals surface area contributed by atoms with Crippen molar-refractivity contribution in [3.8, 4) is 0 Å². The molecule has 0 fully saturated rings. The van der Waals surface area contributed by atoms with E-state index < -0.39 is 6.09 Å². The molecule has 0 radical (unpaired) electrons. The Labute approximate surface area is 174 Å². The smallest absolute Gasteiger partial charge is 0.407 e. The fourth-order valence-corrected chi connectivity index (χ4v) is 4.21. The number of nitrogens with zero attached hydrogens (tertiary/aromatic N) is 1. The van der Waals surface area contributed by atoms with E-state index in [1.54, 1.807) is 13.1 Å². The first kappa shape index (κ1) is 20.5. The number of hydrogen-bond acceptors (Lipinski definition) is 2. The number of nitrogens with two attached hydrogens (primary N) is 1. The number of halogens is 2. The molecule has 1 aliphatic rings. The van der Waals surface area contributed by atoms with Crippen LogP contribution in [0.3, 0.4) is 0 Å². The van der Waals surface area contributed by atoms with Crippen LogP contribution in [0.5, 0.6) is 0 Å². The SMILES string of the molecule is CN(C(=O)O)[C@H]1CC[C@@H](c2ccc(Cl)c(Cl)c2)c2cc(CCC(N)=O)ccc21. The average Bonchev–Trinajstić information content (AvgIpc) is 2.66. The molecule has 0 aromatic heterocycles. The van der Waals surface area contributed by atoms with Crippen LogP contribution in [0, 0.1) is 0 Å². The van der Waals surface area contributed by atoms with Crippen molar-refractivity contribution in [1.29, 1.82) is 0 Å². The Hall–Kier alpha value is -2.24. The van der Waals surface area contributed by atoms with Gasteiger partial charge in [0.2, 0.25) is 5.91 Å². The number of amides is 2. The zero-order chi connectivity index (χ0) is 20.4. The first-order valence-electron chi connectivity index (χ1n) is 9.09. The summed E-state index contributed by atoms with van der Waals surface area (Å²) in [6.07, 6.45) is 1.36. The minimum atomic E-state index is -0.957. The van der Waals surface area contributed by atoms with Crippen molar-refractivity contribution in [1.82, 2.24) is 4.90 Å².